The van der Waals surface area contributed by atoms with Crippen molar-refractivity contribution < 1.29 is 33.0 Å². The molecule has 1 aliphatic heterocycles. The van der Waals surface area contributed by atoms with Crippen LogP contribution < -0.4 is 10.2 Å². The molecule has 3 N–H and O–H groups in total. The predicted molar refractivity (Wildman–Crippen MR) is 174 cm³/mol. The largest absolute Gasteiger partial charge is 0.490 e. The Kier molecular flexibility index (Phi) is 11.3. The number of carbonyl (C=O) groups is 2. The SMILES string of the molecule is C[C@H]1CCCN1c1ccc(-c2cc(C3CC3)cc(Nc3cc(C#N)ccn3)n2)cn1.Cc1ccc(C(=O)O)c(C)c1.O=C(O)C(F)(F)F. The third kappa shape index (κ3) is 9.75. The van der Waals surface area contributed by atoms with Gasteiger partial charge in [-0.1, -0.05) is 17.7 Å². The molecule has 1 saturated heterocycles. The zero-order chi connectivity index (χ0) is 35.0. The number of aromatic nitrogens is 3. The number of nitrogens with zero attached hydrogens (tertiary/aromatic N) is 5. The Hall–Kier alpha value is -5.51. The molecular weight excluding hydrogens is 625 g/mol. The molecule has 1 aromatic carbocycles. The van der Waals surface area contributed by atoms with Gasteiger partial charge in [-0.2, -0.15) is 18.4 Å². The van der Waals surface area contributed by atoms with Gasteiger partial charge in [0.25, 0.3) is 0 Å². The Morgan fingerprint density at radius 3 is 2.25 bits per heavy atom. The van der Waals surface area contributed by atoms with Crippen molar-refractivity contribution in [1.29, 1.82) is 5.26 Å². The summed E-state index contributed by atoms with van der Waals surface area (Å²) < 4.78 is 31.7. The Bertz CT molecular complexity index is 1800. The first-order valence-corrected chi connectivity index (χ1v) is 15.2. The zero-order valence-corrected chi connectivity index (χ0v) is 26.6. The summed E-state index contributed by atoms with van der Waals surface area (Å²) in [4.78, 5) is 35.7. The number of pyridine rings is 3. The molecule has 2 fully saturated rings. The molecule has 6 rings (SSSR count). The lowest BCUT2D eigenvalue weighted by molar-refractivity contribution is -0.192. The van der Waals surface area contributed by atoms with E-state index in [0.29, 0.717) is 28.9 Å². The molecule has 3 aromatic heterocycles. The standard InChI is InChI=1S/C24H24N6.C9H10O2.C2HF3O2/c1-16-3-2-10-30(16)24-7-6-19(15-27-24)21-12-20(18-4-5-18)13-23(28-21)29-22-11-17(14-25)8-9-26-22;1-6-3-4-8(9(10)11)7(2)5-6;3-2(4,5)1(6)7/h6-9,11-13,15-16,18H,2-5,10H2,1H3,(H,26,28,29);3-5H,1-2H3,(H,10,11);(H,6,7)/t16-;;/m0../s1. The minimum atomic E-state index is -5.08. The molecule has 13 heteroatoms. The van der Waals surface area contributed by atoms with Crippen LogP contribution in [-0.2, 0) is 4.79 Å². The van der Waals surface area contributed by atoms with Crippen LogP contribution in [-0.4, -0.2) is 55.9 Å². The predicted octanol–water partition coefficient (Wildman–Crippen LogP) is 7.65. The van der Waals surface area contributed by atoms with E-state index in [-0.39, 0.29) is 0 Å². The summed E-state index contributed by atoms with van der Waals surface area (Å²) in [7, 11) is 0. The molecule has 4 aromatic rings. The lowest BCUT2D eigenvalue weighted by Crippen LogP contribution is -2.26. The number of benzene rings is 1. The van der Waals surface area contributed by atoms with Crippen LogP contribution >= 0.6 is 0 Å². The Morgan fingerprint density at radius 1 is 0.979 bits per heavy atom. The topological polar surface area (TPSA) is 152 Å². The Labute approximate surface area is 275 Å². The van der Waals surface area contributed by atoms with Gasteiger partial charge in [-0.25, -0.2) is 24.5 Å². The van der Waals surface area contributed by atoms with E-state index in [2.05, 4.69) is 52.5 Å². The van der Waals surface area contributed by atoms with Crippen molar-refractivity contribution in [3.8, 4) is 17.3 Å². The molecule has 1 aliphatic carbocycles. The fourth-order valence-electron chi connectivity index (χ4n) is 5.15. The van der Waals surface area contributed by atoms with E-state index in [1.54, 1.807) is 37.4 Å². The molecule has 10 nitrogen and oxygen atoms in total. The van der Waals surface area contributed by atoms with Crippen LogP contribution in [0.4, 0.5) is 30.6 Å². The molecule has 0 amide bonds. The second-order valence-corrected chi connectivity index (χ2v) is 11.6. The van der Waals surface area contributed by atoms with Crippen molar-refractivity contribution in [3.63, 3.8) is 0 Å². The maximum absolute atomic E-state index is 10.6. The van der Waals surface area contributed by atoms with E-state index >= 15 is 0 Å². The first-order valence-electron chi connectivity index (χ1n) is 15.2. The van der Waals surface area contributed by atoms with Crippen molar-refractivity contribution >= 4 is 29.4 Å². The number of anilines is 3. The van der Waals surface area contributed by atoms with Crippen molar-refractivity contribution in [1.82, 2.24) is 15.0 Å². The summed E-state index contributed by atoms with van der Waals surface area (Å²) in [6.07, 6.45) is 3.37. The van der Waals surface area contributed by atoms with Crippen LogP contribution in [0, 0.1) is 25.2 Å². The van der Waals surface area contributed by atoms with Crippen molar-refractivity contribution in [2.45, 2.75) is 64.6 Å². The summed E-state index contributed by atoms with van der Waals surface area (Å²) in [6, 6.07) is 19.9. The molecular formula is C35H35F3N6O4. The average molecular weight is 661 g/mol. The van der Waals surface area contributed by atoms with Gasteiger partial charge in [-0.3, -0.25) is 0 Å². The normalized spacial score (nSPS) is 15.3. The van der Waals surface area contributed by atoms with E-state index in [1.165, 1.54) is 31.2 Å². The monoisotopic (exact) mass is 660 g/mol. The lowest BCUT2D eigenvalue weighted by atomic mass is 10.1. The molecule has 0 spiro atoms. The molecule has 48 heavy (non-hydrogen) atoms. The summed E-state index contributed by atoms with van der Waals surface area (Å²) in [6.45, 7) is 7.08. The summed E-state index contributed by atoms with van der Waals surface area (Å²) in [5.74, 6) is -0.609. The fourth-order valence-corrected chi connectivity index (χ4v) is 5.15. The van der Waals surface area contributed by atoms with Crippen LogP contribution in [0.15, 0.2) is 67.0 Å². The van der Waals surface area contributed by atoms with E-state index < -0.39 is 18.1 Å². The molecule has 1 saturated carbocycles. The highest BCUT2D eigenvalue weighted by Crippen LogP contribution is 2.42. The number of aromatic carboxylic acids is 1. The maximum Gasteiger partial charge on any atom is 0.490 e. The van der Waals surface area contributed by atoms with Crippen molar-refractivity contribution in [2.24, 2.45) is 0 Å². The minimum absolute atomic E-state index is 0.385. The first kappa shape index (κ1) is 35.3. The van der Waals surface area contributed by atoms with Gasteiger partial charge < -0.3 is 20.4 Å². The van der Waals surface area contributed by atoms with Crippen LogP contribution in [0.5, 0.6) is 0 Å². The Balaban J connectivity index is 0.000000238. The highest BCUT2D eigenvalue weighted by Gasteiger charge is 2.38. The van der Waals surface area contributed by atoms with Crippen LogP contribution in [0.2, 0.25) is 0 Å². The molecule has 4 heterocycles. The number of hydrogen-bond acceptors (Lipinski definition) is 8. The summed E-state index contributed by atoms with van der Waals surface area (Å²) in [5, 5.41) is 28.2. The van der Waals surface area contributed by atoms with Gasteiger partial charge in [0, 0.05) is 30.5 Å². The minimum Gasteiger partial charge on any atom is -0.478 e. The van der Waals surface area contributed by atoms with Crippen LogP contribution in [0.3, 0.4) is 0 Å². The second kappa shape index (κ2) is 15.4. The number of alkyl halides is 3. The number of carboxylic acid groups (broad SMARTS) is 2. The molecule has 0 bridgehead atoms. The number of carboxylic acids is 2. The fraction of sp³-hybridized carbons (Fsp3) is 0.314. The van der Waals surface area contributed by atoms with Crippen LogP contribution in [0.1, 0.15) is 71.1 Å². The maximum atomic E-state index is 10.6. The van der Waals surface area contributed by atoms with Gasteiger partial charge in [0.15, 0.2) is 0 Å². The number of nitriles is 1. The van der Waals surface area contributed by atoms with Gasteiger partial charge in [-0.05, 0) is 106 Å². The van der Waals surface area contributed by atoms with E-state index in [1.807, 2.05) is 19.2 Å². The molecule has 0 unspecified atom stereocenters. The quantitative estimate of drug-likeness (QED) is 0.188. The number of aryl methyl sites for hydroxylation is 2. The lowest BCUT2D eigenvalue weighted by Gasteiger charge is -2.22. The highest BCUT2D eigenvalue weighted by atomic mass is 19.4. The Morgan fingerprint density at radius 2 is 1.71 bits per heavy atom. The molecule has 250 valence electrons. The summed E-state index contributed by atoms with van der Waals surface area (Å²) >= 11 is 0. The van der Waals surface area contributed by atoms with E-state index in [0.717, 1.165) is 40.6 Å². The number of halogens is 3. The van der Waals surface area contributed by atoms with Gasteiger partial charge in [-0.15, -0.1) is 0 Å². The number of aliphatic carboxylic acids is 1. The number of rotatable bonds is 6. The molecule has 1 atom stereocenters. The highest BCUT2D eigenvalue weighted by molar-refractivity contribution is 5.89. The third-order valence-corrected chi connectivity index (χ3v) is 7.79. The first-order chi connectivity index (χ1) is 22.7. The third-order valence-electron chi connectivity index (χ3n) is 7.79. The zero-order valence-electron chi connectivity index (χ0n) is 26.6. The van der Waals surface area contributed by atoms with E-state index in [9.17, 15) is 18.0 Å². The molecule has 2 aliphatic rings. The van der Waals surface area contributed by atoms with Gasteiger partial charge in [0.1, 0.15) is 17.5 Å². The van der Waals surface area contributed by atoms with Gasteiger partial charge in [0.2, 0.25) is 0 Å². The molecule has 0 radical (unpaired) electrons. The number of hydrogen-bond donors (Lipinski definition) is 3. The average Bonchev–Trinajstić information content (AvgIpc) is 3.81. The van der Waals surface area contributed by atoms with E-state index in [4.69, 9.17) is 30.2 Å². The summed E-state index contributed by atoms with van der Waals surface area (Å²) in [5.41, 5.74) is 6.07. The van der Waals surface area contributed by atoms with Crippen molar-refractivity contribution in [3.05, 3.63) is 94.8 Å². The van der Waals surface area contributed by atoms with Gasteiger partial charge in [0.05, 0.1) is 22.9 Å². The van der Waals surface area contributed by atoms with Crippen molar-refractivity contribution in [2.75, 3.05) is 16.8 Å². The smallest absolute Gasteiger partial charge is 0.478 e. The second-order valence-electron chi connectivity index (χ2n) is 11.6. The number of nitrogens with one attached hydrogen (secondary N) is 1. The van der Waals surface area contributed by atoms with Gasteiger partial charge >= 0.3 is 18.1 Å². The van der Waals surface area contributed by atoms with Crippen LogP contribution in [0.25, 0.3) is 11.3 Å².